The Labute approximate surface area is 191 Å². The number of nitrogens with zero attached hydrogens (tertiary/aromatic N) is 2. The zero-order valence-electron chi connectivity index (χ0n) is 18.1. The van der Waals surface area contributed by atoms with Crippen LogP contribution in [-0.4, -0.2) is 42.9 Å². The number of fused-ring (bicyclic) bond motifs is 1. The van der Waals surface area contributed by atoms with E-state index in [0.29, 0.717) is 18.5 Å². The maximum atomic E-state index is 12.2. The fraction of sp³-hybridized carbons (Fsp3) is 0.333. The largest absolute Gasteiger partial charge is 0.454 e. The second-order valence-electron chi connectivity index (χ2n) is 8.26. The number of aryl methyl sites for hydroxylation is 1. The van der Waals surface area contributed by atoms with Gasteiger partial charge in [0.25, 0.3) is 5.56 Å². The summed E-state index contributed by atoms with van der Waals surface area (Å²) >= 11 is 1.70. The van der Waals surface area contributed by atoms with Crippen molar-refractivity contribution in [2.75, 3.05) is 37.9 Å². The molecule has 0 radical (unpaired) electrons. The molecule has 1 aromatic heterocycles. The summed E-state index contributed by atoms with van der Waals surface area (Å²) in [5.74, 6) is 3.01. The van der Waals surface area contributed by atoms with Gasteiger partial charge in [0.15, 0.2) is 11.5 Å². The molecule has 166 valence electrons. The van der Waals surface area contributed by atoms with E-state index in [1.165, 1.54) is 20.9 Å². The van der Waals surface area contributed by atoms with Gasteiger partial charge >= 0.3 is 0 Å². The Kier molecular flexibility index (Phi) is 6.05. The van der Waals surface area contributed by atoms with Crippen molar-refractivity contribution >= 4 is 17.7 Å². The van der Waals surface area contributed by atoms with E-state index in [1.54, 1.807) is 17.8 Å². The molecule has 0 amide bonds. The number of piperazine rings is 1. The fourth-order valence-corrected chi connectivity index (χ4v) is 4.85. The molecule has 0 bridgehead atoms. The third kappa shape index (κ3) is 4.92. The number of anilines is 1. The Morgan fingerprint density at radius 2 is 1.84 bits per heavy atom. The highest BCUT2D eigenvalue weighted by atomic mass is 32.2. The molecule has 0 saturated carbocycles. The number of thioether (sulfide) groups is 1. The summed E-state index contributed by atoms with van der Waals surface area (Å²) in [6.45, 7) is 7.02. The van der Waals surface area contributed by atoms with Crippen LogP contribution in [0.5, 0.6) is 11.5 Å². The van der Waals surface area contributed by atoms with E-state index in [-0.39, 0.29) is 5.56 Å². The van der Waals surface area contributed by atoms with Gasteiger partial charge in [-0.15, -0.1) is 11.8 Å². The molecule has 8 heteroatoms. The van der Waals surface area contributed by atoms with E-state index >= 15 is 0 Å². The van der Waals surface area contributed by atoms with Crippen LogP contribution in [0.25, 0.3) is 0 Å². The summed E-state index contributed by atoms with van der Waals surface area (Å²) in [6.07, 6.45) is 0. The number of ether oxygens (including phenoxy) is 2. The van der Waals surface area contributed by atoms with Crippen molar-refractivity contribution < 1.29 is 14.4 Å². The van der Waals surface area contributed by atoms with E-state index in [0.717, 1.165) is 49.9 Å². The first-order valence-electron chi connectivity index (χ1n) is 10.9. The Bertz CT molecular complexity index is 1140. The minimum Gasteiger partial charge on any atom is -0.454 e. The average molecular weight is 452 g/mol. The number of nitrogens with one attached hydrogen (secondary N) is 2. The monoisotopic (exact) mass is 451 g/mol. The number of aromatic nitrogens is 2. The number of hydrogen-bond acceptors (Lipinski definition) is 6. The molecule has 1 fully saturated rings. The summed E-state index contributed by atoms with van der Waals surface area (Å²) in [5.41, 5.74) is 3.21. The number of H-pyrrole nitrogens is 1. The van der Waals surface area contributed by atoms with Gasteiger partial charge in [0.1, 0.15) is 6.54 Å². The third-order valence-corrected chi connectivity index (χ3v) is 6.90. The van der Waals surface area contributed by atoms with E-state index < -0.39 is 0 Å². The van der Waals surface area contributed by atoms with E-state index in [1.807, 2.05) is 6.07 Å². The highest BCUT2D eigenvalue weighted by molar-refractivity contribution is 7.98. The number of quaternary nitrogens is 1. The van der Waals surface area contributed by atoms with Gasteiger partial charge in [-0.05, 0) is 37.3 Å². The molecule has 1 saturated heterocycles. The van der Waals surface area contributed by atoms with Crippen molar-refractivity contribution in [1.29, 1.82) is 0 Å². The van der Waals surface area contributed by atoms with Crippen molar-refractivity contribution in [2.24, 2.45) is 0 Å². The minimum atomic E-state index is -0.0929. The van der Waals surface area contributed by atoms with Gasteiger partial charge in [0, 0.05) is 22.3 Å². The summed E-state index contributed by atoms with van der Waals surface area (Å²) < 4.78 is 10.9. The molecule has 3 aromatic rings. The molecule has 3 heterocycles. The normalized spacial score (nSPS) is 15.8. The van der Waals surface area contributed by atoms with Crippen LogP contribution in [0, 0.1) is 6.92 Å². The van der Waals surface area contributed by atoms with Crippen molar-refractivity contribution in [3.05, 3.63) is 75.7 Å². The lowest BCUT2D eigenvalue weighted by atomic mass is 10.1. The maximum absolute atomic E-state index is 12.2. The lowest BCUT2D eigenvalue weighted by Gasteiger charge is -2.32. The van der Waals surface area contributed by atoms with Gasteiger partial charge in [-0.1, -0.05) is 17.7 Å². The van der Waals surface area contributed by atoms with Crippen LogP contribution in [0.4, 0.5) is 5.95 Å². The van der Waals surface area contributed by atoms with Crippen LogP contribution in [0.15, 0.2) is 58.2 Å². The second kappa shape index (κ2) is 9.26. The number of hydrogen-bond donors (Lipinski definition) is 2. The van der Waals surface area contributed by atoms with Crippen LogP contribution in [0.2, 0.25) is 0 Å². The maximum Gasteiger partial charge on any atom is 0.252 e. The SMILES string of the molecule is Cc1ccc(SCc2cc(=O)[nH]c(N3CC[NH+](Cc4ccc5c(c4)OCO5)CC3)n2)cc1. The van der Waals surface area contributed by atoms with E-state index in [4.69, 9.17) is 14.5 Å². The van der Waals surface area contributed by atoms with E-state index in [2.05, 4.69) is 53.2 Å². The van der Waals surface area contributed by atoms with Crippen LogP contribution >= 0.6 is 11.8 Å². The van der Waals surface area contributed by atoms with Crippen molar-refractivity contribution in [1.82, 2.24) is 9.97 Å². The molecule has 7 nitrogen and oxygen atoms in total. The van der Waals surface area contributed by atoms with Gasteiger partial charge in [0.05, 0.1) is 31.9 Å². The zero-order chi connectivity index (χ0) is 21.9. The molecule has 2 aliphatic rings. The molecule has 2 N–H and O–H groups in total. The van der Waals surface area contributed by atoms with Crippen molar-refractivity contribution in [3.63, 3.8) is 0 Å². The molecule has 0 atom stereocenters. The minimum absolute atomic E-state index is 0.0929. The van der Waals surface area contributed by atoms with Crippen molar-refractivity contribution in [3.8, 4) is 11.5 Å². The fourth-order valence-electron chi connectivity index (χ4n) is 4.06. The van der Waals surface area contributed by atoms with Gasteiger partial charge < -0.3 is 19.3 Å². The highest BCUT2D eigenvalue weighted by Gasteiger charge is 2.23. The zero-order valence-corrected chi connectivity index (χ0v) is 18.9. The first-order valence-corrected chi connectivity index (χ1v) is 11.9. The van der Waals surface area contributed by atoms with Crippen LogP contribution in [0.1, 0.15) is 16.8 Å². The van der Waals surface area contributed by atoms with Crippen LogP contribution in [-0.2, 0) is 12.3 Å². The predicted octanol–water partition coefficient (Wildman–Crippen LogP) is 2.00. The third-order valence-electron chi connectivity index (χ3n) is 5.85. The van der Waals surface area contributed by atoms with E-state index in [9.17, 15) is 4.79 Å². The summed E-state index contributed by atoms with van der Waals surface area (Å²) in [5, 5.41) is 0. The van der Waals surface area contributed by atoms with Crippen LogP contribution < -0.4 is 24.8 Å². The lowest BCUT2D eigenvalue weighted by Crippen LogP contribution is -3.13. The van der Waals surface area contributed by atoms with Gasteiger partial charge in [-0.2, -0.15) is 0 Å². The number of rotatable bonds is 6. The molecule has 32 heavy (non-hydrogen) atoms. The van der Waals surface area contributed by atoms with Gasteiger partial charge in [-0.25, -0.2) is 4.98 Å². The van der Waals surface area contributed by atoms with Crippen LogP contribution in [0.3, 0.4) is 0 Å². The quantitative estimate of drug-likeness (QED) is 0.559. The molecule has 5 rings (SSSR count). The summed E-state index contributed by atoms with van der Waals surface area (Å²) in [6, 6.07) is 16.2. The lowest BCUT2D eigenvalue weighted by molar-refractivity contribution is -0.914. The summed E-state index contributed by atoms with van der Waals surface area (Å²) in [4.78, 5) is 24.8. The Morgan fingerprint density at radius 3 is 2.66 bits per heavy atom. The van der Waals surface area contributed by atoms with Gasteiger partial charge in [0.2, 0.25) is 12.7 Å². The standard InChI is InChI=1S/C24H26N4O3S/c1-17-2-5-20(6-3-17)32-15-19-13-23(29)26-24(25-19)28-10-8-27(9-11-28)14-18-4-7-21-22(12-18)31-16-30-21/h2-7,12-13H,8-11,14-16H2,1H3,(H,25,26,29)/p+1. The Balaban J connectivity index is 1.18. The molecule has 0 spiro atoms. The second-order valence-corrected chi connectivity index (χ2v) is 9.31. The Hall–Kier alpha value is -2.97. The molecular formula is C24H27N4O3S+. The molecular weight excluding hydrogens is 424 g/mol. The molecule has 0 aliphatic carbocycles. The predicted molar refractivity (Wildman–Crippen MR) is 125 cm³/mol. The Morgan fingerprint density at radius 1 is 1.06 bits per heavy atom. The van der Waals surface area contributed by atoms with Gasteiger partial charge in [-0.3, -0.25) is 9.78 Å². The molecule has 2 aliphatic heterocycles. The smallest absolute Gasteiger partial charge is 0.252 e. The number of aromatic amines is 1. The first kappa shape index (κ1) is 20.9. The highest BCUT2D eigenvalue weighted by Crippen LogP contribution is 2.32. The first-order chi connectivity index (χ1) is 15.6. The molecule has 0 unspecified atom stereocenters. The van der Waals surface area contributed by atoms with Crippen molar-refractivity contribution in [2.45, 2.75) is 24.1 Å². The summed E-state index contributed by atoms with van der Waals surface area (Å²) in [7, 11) is 0. The average Bonchev–Trinajstić information content (AvgIpc) is 3.27. The molecule has 2 aromatic carbocycles. The topological polar surface area (TPSA) is 71.9 Å². The number of benzene rings is 2.